The fraction of sp³-hybridized carbons (Fsp3) is 1.00. The van der Waals surface area contributed by atoms with Crippen molar-refractivity contribution < 1.29 is 9.84 Å². The maximum atomic E-state index is 9.68. The minimum absolute atomic E-state index is 0.253. The summed E-state index contributed by atoms with van der Waals surface area (Å²) in [6.07, 6.45) is 15.7. The van der Waals surface area contributed by atoms with Gasteiger partial charge in [0.1, 0.15) is 0 Å². The van der Waals surface area contributed by atoms with E-state index in [1.54, 1.807) is 0 Å². The van der Waals surface area contributed by atoms with Crippen molar-refractivity contribution in [3.05, 3.63) is 0 Å². The van der Waals surface area contributed by atoms with Gasteiger partial charge in [-0.1, -0.05) is 71.1 Å². The first kappa shape index (κ1) is 17.0. The van der Waals surface area contributed by atoms with Crippen LogP contribution in [0.25, 0.3) is 0 Å². The van der Waals surface area contributed by atoms with Gasteiger partial charge in [-0.2, -0.15) is 0 Å². The fourth-order valence-corrected chi connectivity index (χ4v) is 3.10. The summed E-state index contributed by atoms with van der Waals surface area (Å²) < 4.78 is 5.37. The molecule has 3 atom stereocenters. The average molecular weight is 270 g/mol. The van der Waals surface area contributed by atoms with Crippen molar-refractivity contribution in [1.82, 2.24) is 0 Å². The summed E-state index contributed by atoms with van der Waals surface area (Å²) in [6.45, 7) is 4.33. The van der Waals surface area contributed by atoms with Crippen LogP contribution in [0.2, 0.25) is 0 Å². The molecule has 0 aromatic carbocycles. The van der Waals surface area contributed by atoms with Crippen LogP contribution in [0.1, 0.15) is 90.9 Å². The molecule has 0 radical (unpaired) electrons. The Balaban J connectivity index is 1.81. The third-order valence-corrected chi connectivity index (χ3v) is 4.34. The van der Waals surface area contributed by atoms with Gasteiger partial charge in [0, 0.05) is 5.92 Å². The zero-order valence-corrected chi connectivity index (χ0v) is 13.1. The lowest BCUT2D eigenvalue weighted by Crippen LogP contribution is -2.14. The van der Waals surface area contributed by atoms with E-state index in [1.165, 1.54) is 64.2 Å². The Morgan fingerprint density at radius 2 is 1.42 bits per heavy atom. The van der Waals surface area contributed by atoms with Crippen LogP contribution in [0.15, 0.2) is 0 Å². The lowest BCUT2D eigenvalue weighted by molar-refractivity contribution is -0.105. The Kier molecular flexibility index (Phi) is 9.54. The van der Waals surface area contributed by atoms with E-state index < -0.39 is 6.29 Å². The van der Waals surface area contributed by atoms with E-state index in [4.69, 9.17) is 4.74 Å². The molecule has 0 aliphatic carbocycles. The molecular weight excluding hydrogens is 236 g/mol. The molecule has 0 bridgehead atoms. The third kappa shape index (κ3) is 7.94. The molecule has 2 unspecified atom stereocenters. The van der Waals surface area contributed by atoms with Gasteiger partial charge >= 0.3 is 0 Å². The third-order valence-electron chi connectivity index (χ3n) is 4.34. The molecule has 114 valence electrons. The molecule has 19 heavy (non-hydrogen) atoms. The summed E-state index contributed by atoms with van der Waals surface area (Å²) in [5.41, 5.74) is 0. The Morgan fingerprint density at radius 3 is 1.89 bits per heavy atom. The topological polar surface area (TPSA) is 29.5 Å². The zero-order chi connectivity index (χ0) is 13.9. The fourth-order valence-electron chi connectivity index (χ4n) is 3.10. The van der Waals surface area contributed by atoms with Crippen molar-refractivity contribution in [2.45, 2.75) is 103 Å². The summed E-state index contributed by atoms with van der Waals surface area (Å²) in [6, 6.07) is 0. The van der Waals surface area contributed by atoms with Crippen molar-refractivity contribution in [3.63, 3.8) is 0 Å². The molecule has 1 heterocycles. The summed E-state index contributed by atoms with van der Waals surface area (Å²) >= 11 is 0. The van der Waals surface area contributed by atoms with Crippen LogP contribution in [0.4, 0.5) is 0 Å². The van der Waals surface area contributed by atoms with E-state index >= 15 is 0 Å². The number of rotatable bonds is 11. The molecule has 0 aromatic rings. The maximum absolute atomic E-state index is 9.68. The van der Waals surface area contributed by atoms with E-state index in [0.29, 0.717) is 5.92 Å². The van der Waals surface area contributed by atoms with Gasteiger partial charge in [-0.15, -0.1) is 0 Å². The van der Waals surface area contributed by atoms with Crippen molar-refractivity contribution in [2.75, 3.05) is 0 Å². The van der Waals surface area contributed by atoms with Crippen LogP contribution in [-0.2, 0) is 4.74 Å². The SMILES string of the molecule is CCCCCCCCCCCCC1C[C@H](C)OC1O. The molecule has 1 saturated heterocycles. The highest BCUT2D eigenvalue weighted by Crippen LogP contribution is 2.29. The van der Waals surface area contributed by atoms with E-state index in [9.17, 15) is 5.11 Å². The lowest BCUT2D eigenvalue weighted by Gasteiger charge is -2.12. The minimum atomic E-state index is -0.492. The highest BCUT2D eigenvalue weighted by Gasteiger charge is 2.30. The molecule has 0 amide bonds. The van der Waals surface area contributed by atoms with Gasteiger partial charge in [0.05, 0.1) is 6.10 Å². The summed E-state index contributed by atoms with van der Waals surface area (Å²) in [5.74, 6) is 0.393. The van der Waals surface area contributed by atoms with Gasteiger partial charge in [0.25, 0.3) is 0 Å². The molecular formula is C17H34O2. The second-order valence-corrected chi connectivity index (χ2v) is 6.30. The highest BCUT2D eigenvalue weighted by molar-refractivity contribution is 4.73. The molecule has 0 saturated carbocycles. The number of aliphatic hydroxyl groups excluding tert-OH is 1. The Labute approximate surface area is 119 Å². The van der Waals surface area contributed by atoms with Gasteiger partial charge in [0.2, 0.25) is 0 Å². The van der Waals surface area contributed by atoms with E-state index in [-0.39, 0.29) is 6.10 Å². The van der Waals surface area contributed by atoms with Crippen LogP contribution in [0.5, 0.6) is 0 Å². The van der Waals surface area contributed by atoms with Crippen molar-refractivity contribution in [1.29, 1.82) is 0 Å². The zero-order valence-electron chi connectivity index (χ0n) is 13.1. The summed E-state index contributed by atoms with van der Waals surface area (Å²) in [7, 11) is 0. The van der Waals surface area contributed by atoms with Gasteiger partial charge in [-0.25, -0.2) is 0 Å². The van der Waals surface area contributed by atoms with Crippen molar-refractivity contribution >= 4 is 0 Å². The van der Waals surface area contributed by atoms with Crippen LogP contribution in [0, 0.1) is 5.92 Å². The van der Waals surface area contributed by atoms with Crippen LogP contribution < -0.4 is 0 Å². The number of hydrogen-bond donors (Lipinski definition) is 1. The monoisotopic (exact) mass is 270 g/mol. The first-order valence-electron chi connectivity index (χ1n) is 8.57. The summed E-state index contributed by atoms with van der Waals surface area (Å²) in [4.78, 5) is 0. The highest BCUT2D eigenvalue weighted by atomic mass is 16.6. The maximum Gasteiger partial charge on any atom is 0.157 e. The largest absolute Gasteiger partial charge is 0.368 e. The van der Waals surface area contributed by atoms with E-state index in [0.717, 1.165) is 12.8 Å². The molecule has 1 aliphatic rings. The average Bonchev–Trinajstić information content (AvgIpc) is 2.70. The van der Waals surface area contributed by atoms with Gasteiger partial charge < -0.3 is 9.84 Å². The van der Waals surface area contributed by atoms with Crippen LogP contribution in [-0.4, -0.2) is 17.5 Å². The molecule has 1 fully saturated rings. The van der Waals surface area contributed by atoms with Gasteiger partial charge in [-0.05, 0) is 19.8 Å². The van der Waals surface area contributed by atoms with Crippen LogP contribution >= 0.6 is 0 Å². The quantitative estimate of drug-likeness (QED) is 0.533. The molecule has 1 rings (SSSR count). The molecule has 2 nitrogen and oxygen atoms in total. The minimum Gasteiger partial charge on any atom is -0.368 e. The molecule has 2 heteroatoms. The first-order chi connectivity index (χ1) is 9.24. The Bertz CT molecular complexity index is 205. The standard InChI is InChI=1S/C17H34O2/c1-3-4-5-6-7-8-9-10-11-12-13-16-14-15(2)19-17(16)18/h15-18H,3-14H2,1-2H3/t15-,16?,17?/m0/s1. The molecule has 1 aliphatic heterocycles. The predicted octanol–water partition coefficient (Wildman–Crippen LogP) is 5.04. The normalized spacial score (nSPS) is 27.0. The number of unbranched alkanes of at least 4 members (excludes halogenated alkanes) is 9. The predicted molar refractivity (Wildman–Crippen MR) is 81.1 cm³/mol. The second-order valence-electron chi connectivity index (χ2n) is 6.30. The molecule has 0 aromatic heterocycles. The molecule has 1 N–H and O–H groups in total. The smallest absolute Gasteiger partial charge is 0.157 e. The second kappa shape index (κ2) is 10.7. The number of ether oxygens (including phenoxy) is 1. The molecule has 0 spiro atoms. The lowest BCUT2D eigenvalue weighted by atomic mass is 9.96. The summed E-state index contributed by atoms with van der Waals surface area (Å²) in [5, 5.41) is 9.68. The number of hydrogen-bond acceptors (Lipinski definition) is 2. The van der Waals surface area contributed by atoms with Crippen molar-refractivity contribution in [3.8, 4) is 0 Å². The Hall–Kier alpha value is -0.0800. The van der Waals surface area contributed by atoms with Gasteiger partial charge in [-0.3, -0.25) is 0 Å². The van der Waals surface area contributed by atoms with Crippen molar-refractivity contribution in [2.24, 2.45) is 5.92 Å². The number of aliphatic hydroxyl groups is 1. The van der Waals surface area contributed by atoms with E-state index in [1.807, 2.05) is 0 Å². The first-order valence-corrected chi connectivity index (χ1v) is 8.57. The van der Waals surface area contributed by atoms with Crippen LogP contribution in [0.3, 0.4) is 0 Å². The van der Waals surface area contributed by atoms with E-state index in [2.05, 4.69) is 13.8 Å². The van der Waals surface area contributed by atoms with Gasteiger partial charge in [0.15, 0.2) is 6.29 Å². The Morgan fingerprint density at radius 1 is 0.895 bits per heavy atom.